The van der Waals surface area contributed by atoms with Gasteiger partial charge in [0.05, 0.1) is 44.6 Å². The fourth-order valence-electron chi connectivity index (χ4n) is 8.83. The van der Waals surface area contributed by atoms with Gasteiger partial charge in [-0.2, -0.15) is 8.78 Å². The van der Waals surface area contributed by atoms with E-state index in [1.54, 1.807) is 20.8 Å². The predicted molar refractivity (Wildman–Crippen MR) is 328 cm³/mol. The molecule has 0 saturated carbocycles. The van der Waals surface area contributed by atoms with Crippen LogP contribution in [0.5, 0.6) is 6.01 Å². The topological polar surface area (TPSA) is 244 Å². The number of aromatic nitrogens is 2. The number of nitrogens with zero attached hydrogens (tertiary/aromatic N) is 1. The number of ether oxygens (including phenoxy) is 6. The minimum absolute atomic E-state index is 0.0146. The highest BCUT2D eigenvalue weighted by atomic mass is 32.2. The molecular weight excluding hydrogens is 1170 g/mol. The van der Waals surface area contributed by atoms with Gasteiger partial charge in [-0.25, -0.2) is 13.4 Å². The van der Waals surface area contributed by atoms with Gasteiger partial charge in [0, 0.05) is 12.3 Å². The highest BCUT2D eigenvalue weighted by Crippen LogP contribution is 2.48. The number of H-pyrrole nitrogens is 1. The minimum atomic E-state index is -5.86. The van der Waals surface area contributed by atoms with Crippen molar-refractivity contribution in [2.24, 2.45) is 27.6 Å². The van der Waals surface area contributed by atoms with Crippen LogP contribution in [0.4, 0.5) is 8.78 Å². The summed E-state index contributed by atoms with van der Waals surface area (Å²) in [5.41, 5.74) is -0.286. The second-order valence-corrected chi connectivity index (χ2v) is 28.0. The maximum absolute atomic E-state index is 13.0. The molecule has 2 bridgehead atoms. The zero-order chi connectivity index (χ0) is 65.4. The van der Waals surface area contributed by atoms with Crippen molar-refractivity contribution in [3.8, 4) is 6.01 Å². The molecule has 4 aromatic carbocycles. The Morgan fingerprint density at radius 3 is 1.61 bits per heavy atom. The number of halogens is 2. The first kappa shape index (κ1) is 71.9. The van der Waals surface area contributed by atoms with Crippen molar-refractivity contribution in [3.05, 3.63) is 149 Å². The van der Waals surface area contributed by atoms with E-state index in [4.69, 9.17) is 23.7 Å². The Morgan fingerprint density at radius 1 is 0.659 bits per heavy atom. The molecule has 3 saturated heterocycles. The number of hydrogen-bond donors (Lipinski definition) is 1. The van der Waals surface area contributed by atoms with E-state index in [9.17, 15) is 50.5 Å². The Kier molecular flexibility index (Phi) is 25.4. The van der Waals surface area contributed by atoms with Crippen LogP contribution in [0, 0.1) is 27.6 Å². The zero-order valence-corrected chi connectivity index (χ0v) is 54.3. The SMILES string of the molecule is CCC(C)(C)C(=O)OC(C)C(F)(F)S(=O)(=O)[O-].CCC(C)(C)C(=O)OC1C2CC3C(=O)OC1C3O2.CCC(C)(C)C(=O)OC1CCCCc2ccccc21.CCC(C)(C)C(=O)Oc1nccc(=O)[nH]1.c1ccc([S+](c2ccccc2)c2ccccc2)cc1. The highest BCUT2D eigenvalue weighted by Gasteiger charge is 2.65. The third-order valence-corrected chi connectivity index (χ3v) is 19.7. The Hall–Kier alpha value is -6.81. The van der Waals surface area contributed by atoms with Crippen LogP contribution in [0.15, 0.2) is 147 Å². The number of rotatable bonds is 17. The molecule has 88 heavy (non-hydrogen) atoms. The van der Waals surface area contributed by atoms with Crippen LogP contribution in [0.2, 0.25) is 0 Å². The molecule has 1 aromatic heterocycles. The molecule has 17 nitrogen and oxygen atoms in total. The van der Waals surface area contributed by atoms with Gasteiger partial charge in [0.15, 0.2) is 43.1 Å². The summed E-state index contributed by atoms with van der Waals surface area (Å²) in [6, 6.07) is 41.7. The summed E-state index contributed by atoms with van der Waals surface area (Å²) in [7, 11) is -5.87. The molecule has 9 rings (SSSR count). The minimum Gasteiger partial charge on any atom is -0.743 e. The molecule has 3 fully saturated rings. The number of fused-ring (bicyclic) bond motifs is 2. The van der Waals surface area contributed by atoms with Gasteiger partial charge in [-0.3, -0.25) is 33.8 Å². The van der Waals surface area contributed by atoms with Gasteiger partial charge in [-0.15, -0.1) is 0 Å². The summed E-state index contributed by atoms with van der Waals surface area (Å²) in [6.07, 6.45) is 5.20. The lowest BCUT2D eigenvalue weighted by atomic mass is 9.87. The monoisotopic (exact) mass is 1260 g/mol. The number of nitrogens with one attached hydrogen (secondary N) is 1. The Balaban J connectivity index is 0.000000201. The normalized spacial score (nSPS) is 19.8. The summed E-state index contributed by atoms with van der Waals surface area (Å²) in [5, 5.41) is -4.63. The number of hydrogen-bond acceptors (Lipinski definition) is 16. The molecule has 0 radical (unpaired) electrons. The van der Waals surface area contributed by atoms with E-state index >= 15 is 0 Å². The maximum Gasteiger partial charge on any atom is 0.369 e. The van der Waals surface area contributed by atoms with Gasteiger partial charge >= 0.3 is 41.1 Å². The zero-order valence-electron chi connectivity index (χ0n) is 52.7. The lowest BCUT2D eigenvalue weighted by Gasteiger charge is -2.29. The van der Waals surface area contributed by atoms with Crippen LogP contribution >= 0.6 is 0 Å². The molecule has 7 atom stereocenters. The molecule has 1 N–H and O–H groups in total. The number of benzene rings is 4. The van der Waals surface area contributed by atoms with Crippen molar-refractivity contribution < 1.29 is 74.1 Å². The molecule has 4 aliphatic rings. The van der Waals surface area contributed by atoms with Crippen LogP contribution in [-0.4, -0.2) is 88.6 Å². The molecule has 21 heteroatoms. The van der Waals surface area contributed by atoms with Crippen LogP contribution in [-0.2, 0) is 75.1 Å². The molecular formula is C67H86F2N2O15S2. The molecule has 1 aliphatic carbocycles. The third-order valence-electron chi connectivity index (χ3n) is 16.5. The lowest BCUT2D eigenvalue weighted by molar-refractivity contribution is -0.170. The number of carbonyl (C=O) groups excluding carboxylic acids is 5. The summed E-state index contributed by atoms with van der Waals surface area (Å²) < 4.78 is 88.4. The Labute approximate surface area is 519 Å². The van der Waals surface area contributed by atoms with Gasteiger partial charge in [-0.05, 0) is 168 Å². The van der Waals surface area contributed by atoms with E-state index in [2.05, 4.69) is 124 Å². The molecule has 7 unspecified atom stereocenters. The van der Waals surface area contributed by atoms with Crippen molar-refractivity contribution >= 4 is 50.9 Å². The quantitative estimate of drug-likeness (QED) is 0.0299. The number of alkyl halides is 2. The van der Waals surface area contributed by atoms with Crippen LogP contribution in [0.25, 0.3) is 0 Å². The number of aryl methyl sites for hydroxylation is 1. The van der Waals surface area contributed by atoms with E-state index in [-0.39, 0.29) is 70.0 Å². The van der Waals surface area contributed by atoms with E-state index in [0.29, 0.717) is 32.6 Å². The average Bonchev–Trinajstić information content (AvgIpc) is 2.53. The molecule has 480 valence electrons. The van der Waals surface area contributed by atoms with Gasteiger partial charge in [0.2, 0.25) is 0 Å². The number of esters is 5. The molecule has 0 spiro atoms. The first-order valence-corrected chi connectivity index (χ1v) is 32.5. The smallest absolute Gasteiger partial charge is 0.369 e. The van der Waals surface area contributed by atoms with Crippen LogP contribution in [0.1, 0.15) is 159 Å². The first-order valence-electron chi connectivity index (χ1n) is 29.8. The van der Waals surface area contributed by atoms with Crippen LogP contribution < -0.4 is 10.3 Å². The molecule has 0 amide bonds. The average molecular weight is 1260 g/mol. The molecule has 3 aliphatic heterocycles. The Morgan fingerprint density at radius 2 is 1.12 bits per heavy atom. The standard InChI is InChI=1S/C18H15S.C17H24O2.C13H18O5.C10H14N2O3.C9H16F2O5S/c1-4-10-16(11-5-1)19(17-12-6-2-7-13-17)18-14-8-3-9-15-18;1-4-17(2,3)16(18)19-15-12-8-6-10-13-9-5-7-11-14(13)15;1-4-13(2,3)12(15)18-9-7-5-6-8(16-7)10(9)17-11(6)14;1-4-10(2,3)8(14)15-9-11-6-5-7(13)12-9;1-5-8(3,4)7(12)16-6(2)9(10,11)17(13,14)15/h1-15H;5,7,9,11,15H,4,6,8,10,12H2,1-3H3;6-10H,4-5H2,1-3H3;5-6H,4H2,1-3H3,(H,11,12,13);6H,5H2,1-4H3,(H,13,14,15)/q+1;;;;/p-1. The van der Waals surface area contributed by atoms with Crippen molar-refractivity contribution in [3.63, 3.8) is 0 Å². The van der Waals surface area contributed by atoms with Crippen molar-refractivity contribution in [1.82, 2.24) is 9.97 Å². The second kappa shape index (κ2) is 31.1. The number of aromatic amines is 1. The fraction of sp³-hybridized carbons (Fsp3) is 0.507. The van der Waals surface area contributed by atoms with Gasteiger partial charge in [0.25, 0.3) is 5.56 Å². The first-order chi connectivity index (χ1) is 41.2. The van der Waals surface area contributed by atoms with E-state index in [1.807, 2.05) is 54.5 Å². The van der Waals surface area contributed by atoms with E-state index in [1.165, 1.54) is 58.3 Å². The van der Waals surface area contributed by atoms with Crippen molar-refractivity contribution in [2.75, 3.05) is 0 Å². The highest BCUT2D eigenvalue weighted by molar-refractivity contribution is 7.97. The maximum atomic E-state index is 13.0. The van der Waals surface area contributed by atoms with Crippen molar-refractivity contribution in [2.45, 2.75) is 204 Å². The van der Waals surface area contributed by atoms with E-state index in [0.717, 1.165) is 25.7 Å². The third kappa shape index (κ3) is 18.9. The predicted octanol–water partition coefficient (Wildman–Crippen LogP) is 12.9. The van der Waals surface area contributed by atoms with E-state index < -0.39 is 61.9 Å². The molecule has 4 heterocycles. The summed E-state index contributed by atoms with van der Waals surface area (Å²) >= 11 is 0. The second-order valence-electron chi connectivity index (χ2n) is 24.5. The van der Waals surface area contributed by atoms with Gasteiger partial charge in [0.1, 0.15) is 12.2 Å². The van der Waals surface area contributed by atoms with Crippen LogP contribution in [0.3, 0.4) is 0 Å². The van der Waals surface area contributed by atoms with Gasteiger partial charge in [-0.1, -0.05) is 107 Å². The lowest BCUT2D eigenvalue weighted by Crippen LogP contribution is -2.44. The molecule has 5 aromatic rings. The summed E-state index contributed by atoms with van der Waals surface area (Å²) in [5.74, 6) is -2.05. The van der Waals surface area contributed by atoms with Crippen molar-refractivity contribution in [1.29, 1.82) is 0 Å². The summed E-state index contributed by atoms with van der Waals surface area (Å²) in [6.45, 7) is 22.3. The largest absolute Gasteiger partial charge is 0.743 e. The Bertz CT molecular complexity index is 3190. The number of carbonyl (C=O) groups is 5. The fourth-order valence-corrected chi connectivity index (χ4v) is 11.4. The van der Waals surface area contributed by atoms with Gasteiger partial charge < -0.3 is 33.0 Å². The summed E-state index contributed by atoms with van der Waals surface area (Å²) in [4.78, 5) is 79.9.